The van der Waals surface area contributed by atoms with Crippen LogP contribution in [0.4, 0.5) is 17.6 Å². The third kappa shape index (κ3) is 4.92. The van der Waals surface area contributed by atoms with Crippen molar-refractivity contribution < 1.29 is 22.4 Å². The van der Waals surface area contributed by atoms with Gasteiger partial charge in [-0.3, -0.25) is 4.79 Å². The molecule has 1 unspecified atom stereocenters. The van der Waals surface area contributed by atoms with E-state index in [0.717, 1.165) is 22.7 Å². The summed E-state index contributed by atoms with van der Waals surface area (Å²) in [6.07, 6.45) is 0.817. The number of carbonyl (C=O) groups excluding carboxylic acids is 1. The minimum absolute atomic E-state index is 0.291. The van der Waals surface area contributed by atoms with E-state index in [1.807, 2.05) is 6.92 Å². The standard InChI is InChI=1S/C25H18F4N6OS/c1-13-9-30-23(37-13)19-7-15(8-21-20(19)12-33-35(21)18-5-3-17(26)4-6-18)22(36)34-14(2)16-10-31-24(32-11-16)25(27,28)29/h3-12,14H,1-2H3,(H,34,36). The molecule has 0 spiro atoms. The van der Waals surface area contributed by atoms with Crippen molar-refractivity contribution in [3.63, 3.8) is 0 Å². The normalized spacial score (nSPS) is 12.6. The van der Waals surface area contributed by atoms with Crippen molar-refractivity contribution in [1.29, 1.82) is 0 Å². The summed E-state index contributed by atoms with van der Waals surface area (Å²) in [6.45, 7) is 3.54. The van der Waals surface area contributed by atoms with Crippen molar-refractivity contribution in [2.45, 2.75) is 26.1 Å². The summed E-state index contributed by atoms with van der Waals surface area (Å²) in [5, 5.41) is 8.68. The summed E-state index contributed by atoms with van der Waals surface area (Å²) in [5.41, 5.74) is 2.51. The average Bonchev–Trinajstić information content (AvgIpc) is 3.50. The van der Waals surface area contributed by atoms with Crippen LogP contribution in [0.15, 0.2) is 61.2 Å². The monoisotopic (exact) mass is 526 g/mol. The Morgan fingerprint density at radius 2 is 1.73 bits per heavy atom. The zero-order valence-electron chi connectivity index (χ0n) is 19.4. The molecule has 1 atom stereocenters. The Morgan fingerprint density at radius 1 is 1.03 bits per heavy atom. The Morgan fingerprint density at radius 3 is 2.35 bits per heavy atom. The second-order valence-corrected chi connectivity index (χ2v) is 9.53. The van der Waals surface area contributed by atoms with Crippen molar-refractivity contribution in [1.82, 2.24) is 30.0 Å². The van der Waals surface area contributed by atoms with E-state index in [1.54, 1.807) is 48.3 Å². The molecule has 188 valence electrons. The molecular weight excluding hydrogens is 508 g/mol. The molecular formula is C25H18F4N6OS. The van der Waals surface area contributed by atoms with Gasteiger partial charge >= 0.3 is 6.18 Å². The van der Waals surface area contributed by atoms with Crippen LogP contribution in [0.1, 0.15) is 39.6 Å². The molecule has 0 saturated heterocycles. The number of amides is 1. The highest BCUT2D eigenvalue weighted by Crippen LogP contribution is 2.34. The Kier molecular flexibility index (Phi) is 6.20. The van der Waals surface area contributed by atoms with Gasteiger partial charge in [-0.2, -0.15) is 18.3 Å². The first kappa shape index (κ1) is 24.5. The predicted molar refractivity (Wildman–Crippen MR) is 130 cm³/mol. The van der Waals surface area contributed by atoms with Gasteiger partial charge in [0.1, 0.15) is 10.8 Å². The first-order valence-corrected chi connectivity index (χ1v) is 11.8. The maximum Gasteiger partial charge on any atom is 0.451 e. The molecule has 0 aliphatic carbocycles. The molecule has 0 bridgehead atoms. The molecule has 12 heteroatoms. The summed E-state index contributed by atoms with van der Waals surface area (Å²) >= 11 is 1.46. The highest BCUT2D eigenvalue weighted by atomic mass is 32.1. The first-order chi connectivity index (χ1) is 17.6. The van der Waals surface area contributed by atoms with Crippen LogP contribution in [-0.4, -0.2) is 30.6 Å². The average molecular weight is 527 g/mol. The molecule has 7 nitrogen and oxygen atoms in total. The predicted octanol–water partition coefficient (Wildman–Crippen LogP) is 5.90. The Labute approximate surface area is 211 Å². The second kappa shape index (κ2) is 9.36. The lowest BCUT2D eigenvalue weighted by Gasteiger charge is -2.15. The molecule has 1 N–H and O–H groups in total. The van der Waals surface area contributed by atoms with Crippen LogP contribution in [-0.2, 0) is 6.18 Å². The number of halogens is 4. The Bertz CT molecular complexity index is 1590. The number of alkyl halides is 3. The number of rotatable bonds is 5. The van der Waals surface area contributed by atoms with Crippen LogP contribution in [0.5, 0.6) is 0 Å². The van der Waals surface area contributed by atoms with E-state index in [4.69, 9.17) is 0 Å². The van der Waals surface area contributed by atoms with Crippen LogP contribution >= 0.6 is 11.3 Å². The molecule has 2 aromatic carbocycles. The Balaban J connectivity index is 1.53. The zero-order valence-corrected chi connectivity index (χ0v) is 20.2. The first-order valence-electron chi connectivity index (χ1n) is 11.0. The fourth-order valence-electron chi connectivity index (χ4n) is 3.77. The minimum atomic E-state index is -4.65. The quantitative estimate of drug-likeness (QED) is 0.289. The molecule has 5 rings (SSSR count). The minimum Gasteiger partial charge on any atom is -0.345 e. The fourth-order valence-corrected chi connectivity index (χ4v) is 4.57. The molecule has 37 heavy (non-hydrogen) atoms. The van der Waals surface area contributed by atoms with Gasteiger partial charge in [-0.05, 0) is 50.2 Å². The maximum absolute atomic E-state index is 13.5. The highest BCUT2D eigenvalue weighted by molar-refractivity contribution is 7.15. The number of nitrogens with one attached hydrogen (secondary N) is 1. The number of aryl methyl sites for hydroxylation is 1. The highest BCUT2D eigenvalue weighted by Gasteiger charge is 2.34. The lowest BCUT2D eigenvalue weighted by Crippen LogP contribution is -2.27. The smallest absolute Gasteiger partial charge is 0.345 e. The molecule has 0 aliphatic rings. The van der Waals surface area contributed by atoms with Crippen molar-refractivity contribution in [2.24, 2.45) is 0 Å². The van der Waals surface area contributed by atoms with Crippen LogP contribution in [0.3, 0.4) is 0 Å². The van der Waals surface area contributed by atoms with E-state index in [-0.39, 0.29) is 5.82 Å². The lowest BCUT2D eigenvalue weighted by molar-refractivity contribution is -0.145. The number of thiazole rings is 1. The van der Waals surface area contributed by atoms with Gasteiger partial charge < -0.3 is 5.32 Å². The molecule has 0 fully saturated rings. The molecule has 0 saturated carbocycles. The molecule has 1 amide bonds. The van der Waals surface area contributed by atoms with Gasteiger partial charge in [0.05, 0.1) is 23.4 Å². The third-order valence-corrected chi connectivity index (χ3v) is 6.59. The van der Waals surface area contributed by atoms with Crippen LogP contribution in [0.2, 0.25) is 0 Å². The Hall–Kier alpha value is -4.19. The van der Waals surface area contributed by atoms with Gasteiger partial charge in [-0.15, -0.1) is 11.3 Å². The lowest BCUT2D eigenvalue weighted by atomic mass is 10.0. The van der Waals surface area contributed by atoms with E-state index in [1.165, 1.54) is 23.5 Å². The van der Waals surface area contributed by atoms with E-state index >= 15 is 0 Å². The fraction of sp³-hybridized carbons (Fsp3) is 0.160. The summed E-state index contributed by atoms with van der Waals surface area (Å²) in [7, 11) is 0. The number of nitrogens with zero attached hydrogens (tertiary/aromatic N) is 5. The van der Waals surface area contributed by atoms with Gasteiger partial charge in [0.2, 0.25) is 5.82 Å². The number of carbonyl (C=O) groups is 1. The zero-order chi connectivity index (χ0) is 26.3. The van der Waals surface area contributed by atoms with Gasteiger partial charge in [0.15, 0.2) is 0 Å². The number of fused-ring (bicyclic) bond motifs is 1. The van der Waals surface area contributed by atoms with E-state index in [0.29, 0.717) is 32.9 Å². The molecule has 0 radical (unpaired) electrons. The number of hydrogen-bond acceptors (Lipinski definition) is 6. The van der Waals surface area contributed by atoms with Crippen LogP contribution in [0, 0.1) is 12.7 Å². The molecule has 5 aromatic rings. The molecule has 3 aromatic heterocycles. The third-order valence-electron chi connectivity index (χ3n) is 5.65. The van der Waals surface area contributed by atoms with Gasteiger partial charge in [-0.25, -0.2) is 24.0 Å². The second-order valence-electron chi connectivity index (χ2n) is 8.30. The summed E-state index contributed by atoms with van der Waals surface area (Å²) < 4.78 is 53.4. The molecule has 3 heterocycles. The topological polar surface area (TPSA) is 85.6 Å². The summed E-state index contributed by atoms with van der Waals surface area (Å²) in [4.78, 5) is 25.4. The van der Waals surface area contributed by atoms with Crippen molar-refractivity contribution in [2.75, 3.05) is 0 Å². The largest absolute Gasteiger partial charge is 0.451 e. The summed E-state index contributed by atoms with van der Waals surface area (Å²) in [6, 6.07) is 8.47. The number of aromatic nitrogens is 5. The van der Waals surface area contributed by atoms with E-state index in [9.17, 15) is 22.4 Å². The van der Waals surface area contributed by atoms with Crippen LogP contribution < -0.4 is 5.32 Å². The van der Waals surface area contributed by atoms with Crippen molar-refractivity contribution >= 4 is 28.1 Å². The number of benzene rings is 2. The van der Waals surface area contributed by atoms with Gasteiger partial charge in [0, 0.05) is 45.5 Å². The van der Waals surface area contributed by atoms with Gasteiger partial charge in [-0.1, -0.05) is 0 Å². The summed E-state index contributed by atoms with van der Waals surface area (Å²) in [5.74, 6) is -2.10. The van der Waals surface area contributed by atoms with Gasteiger partial charge in [0.25, 0.3) is 5.91 Å². The van der Waals surface area contributed by atoms with E-state index in [2.05, 4.69) is 25.4 Å². The van der Waals surface area contributed by atoms with Crippen LogP contribution in [0.25, 0.3) is 27.2 Å². The van der Waals surface area contributed by atoms with Crippen molar-refractivity contribution in [3.05, 3.63) is 88.8 Å². The van der Waals surface area contributed by atoms with Crippen molar-refractivity contribution in [3.8, 4) is 16.3 Å². The van der Waals surface area contributed by atoms with E-state index < -0.39 is 23.9 Å². The maximum atomic E-state index is 13.5. The SMILES string of the molecule is Cc1cnc(-c2cc(C(=O)NC(C)c3cnc(C(F)(F)F)nc3)cc3c2cnn3-c2ccc(F)cc2)s1. The molecule has 0 aliphatic heterocycles. The number of hydrogen-bond donors (Lipinski definition) is 1.